The van der Waals surface area contributed by atoms with Crippen molar-refractivity contribution in [2.45, 2.75) is 45.2 Å². The van der Waals surface area contributed by atoms with Crippen molar-refractivity contribution >= 4 is 11.6 Å². The SMILES string of the molecule is CCNC(c1c(Cl)cnn1CCOC)C1CC2CCC1C2. The van der Waals surface area contributed by atoms with Gasteiger partial charge in [-0.1, -0.05) is 24.9 Å². The Morgan fingerprint density at radius 2 is 2.33 bits per heavy atom. The Morgan fingerprint density at radius 3 is 2.95 bits per heavy atom. The molecule has 0 aliphatic heterocycles. The van der Waals surface area contributed by atoms with Crippen LogP contribution in [0.5, 0.6) is 0 Å². The zero-order valence-electron chi connectivity index (χ0n) is 13.0. The van der Waals surface area contributed by atoms with E-state index in [4.69, 9.17) is 16.3 Å². The summed E-state index contributed by atoms with van der Waals surface area (Å²) in [5, 5.41) is 8.93. The number of ether oxygens (including phenoxy) is 1. The minimum atomic E-state index is 0.331. The van der Waals surface area contributed by atoms with Crippen LogP contribution in [0, 0.1) is 17.8 Å². The highest BCUT2D eigenvalue weighted by molar-refractivity contribution is 6.31. The summed E-state index contributed by atoms with van der Waals surface area (Å²) in [5.74, 6) is 2.51. The van der Waals surface area contributed by atoms with Crippen molar-refractivity contribution in [2.24, 2.45) is 17.8 Å². The summed E-state index contributed by atoms with van der Waals surface area (Å²) in [6.07, 6.45) is 7.35. The third kappa shape index (κ3) is 2.99. The van der Waals surface area contributed by atoms with E-state index in [0.717, 1.165) is 35.6 Å². The molecule has 0 spiro atoms. The van der Waals surface area contributed by atoms with Crippen LogP contribution < -0.4 is 5.32 Å². The second kappa shape index (κ2) is 6.67. The first kappa shape index (κ1) is 15.3. The lowest BCUT2D eigenvalue weighted by atomic mass is 9.82. The minimum Gasteiger partial charge on any atom is -0.383 e. The number of hydrogen-bond acceptors (Lipinski definition) is 3. The molecule has 1 aromatic heterocycles. The first-order chi connectivity index (χ1) is 10.2. The van der Waals surface area contributed by atoms with E-state index in [1.165, 1.54) is 25.7 Å². The molecule has 2 saturated carbocycles. The van der Waals surface area contributed by atoms with Crippen LogP contribution in [0.2, 0.25) is 5.02 Å². The Balaban J connectivity index is 1.85. The number of nitrogens with one attached hydrogen (secondary N) is 1. The van der Waals surface area contributed by atoms with Gasteiger partial charge in [0, 0.05) is 7.11 Å². The molecular formula is C16H26ClN3O. The van der Waals surface area contributed by atoms with Crippen molar-refractivity contribution in [3.63, 3.8) is 0 Å². The summed E-state index contributed by atoms with van der Waals surface area (Å²) in [5.41, 5.74) is 1.16. The summed E-state index contributed by atoms with van der Waals surface area (Å²) in [7, 11) is 1.72. The van der Waals surface area contributed by atoms with Crippen LogP contribution in [0.15, 0.2) is 6.20 Å². The van der Waals surface area contributed by atoms with E-state index in [1.54, 1.807) is 13.3 Å². The van der Waals surface area contributed by atoms with Gasteiger partial charge in [-0.15, -0.1) is 0 Å². The van der Waals surface area contributed by atoms with Crippen LogP contribution in [-0.2, 0) is 11.3 Å². The topological polar surface area (TPSA) is 39.1 Å². The Labute approximate surface area is 132 Å². The van der Waals surface area contributed by atoms with Crippen molar-refractivity contribution < 1.29 is 4.74 Å². The number of aromatic nitrogens is 2. The van der Waals surface area contributed by atoms with Gasteiger partial charge in [-0.05, 0) is 43.6 Å². The van der Waals surface area contributed by atoms with Crippen LogP contribution in [0.3, 0.4) is 0 Å². The molecule has 2 fully saturated rings. The highest BCUT2D eigenvalue weighted by atomic mass is 35.5. The van der Waals surface area contributed by atoms with E-state index in [9.17, 15) is 0 Å². The number of nitrogens with zero attached hydrogens (tertiary/aromatic N) is 2. The second-order valence-electron chi connectivity index (χ2n) is 6.47. The molecular weight excluding hydrogens is 286 g/mol. The number of hydrogen-bond donors (Lipinski definition) is 1. The Hall–Kier alpha value is -0.580. The summed E-state index contributed by atoms with van der Waals surface area (Å²) in [6, 6.07) is 0.331. The fourth-order valence-electron chi connectivity index (χ4n) is 4.41. The van der Waals surface area contributed by atoms with Crippen LogP contribution in [0.25, 0.3) is 0 Å². The third-order valence-electron chi connectivity index (χ3n) is 5.28. The van der Waals surface area contributed by atoms with Gasteiger partial charge in [-0.2, -0.15) is 5.10 Å². The van der Waals surface area contributed by atoms with E-state index in [1.807, 2.05) is 4.68 Å². The highest BCUT2D eigenvalue weighted by Gasteiger charge is 2.44. The van der Waals surface area contributed by atoms with Crippen molar-refractivity contribution in [2.75, 3.05) is 20.3 Å². The predicted molar refractivity (Wildman–Crippen MR) is 84.5 cm³/mol. The Kier molecular flexibility index (Phi) is 4.87. The monoisotopic (exact) mass is 311 g/mol. The maximum absolute atomic E-state index is 6.47. The average Bonchev–Trinajstić information content (AvgIpc) is 3.18. The van der Waals surface area contributed by atoms with E-state index in [2.05, 4.69) is 17.3 Å². The maximum Gasteiger partial charge on any atom is 0.0834 e. The lowest BCUT2D eigenvalue weighted by Crippen LogP contribution is -2.33. The Morgan fingerprint density at radius 1 is 1.48 bits per heavy atom. The average molecular weight is 312 g/mol. The van der Waals surface area contributed by atoms with Crippen molar-refractivity contribution in [3.05, 3.63) is 16.9 Å². The van der Waals surface area contributed by atoms with Gasteiger partial charge in [0.15, 0.2) is 0 Å². The molecule has 2 aliphatic rings. The molecule has 1 N–H and O–H groups in total. The molecule has 4 nitrogen and oxygen atoms in total. The number of rotatable bonds is 7. The zero-order valence-corrected chi connectivity index (χ0v) is 13.8. The van der Waals surface area contributed by atoms with Gasteiger partial charge in [0.2, 0.25) is 0 Å². The third-order valence-corrected chi connectivity index (χ3v) is 5.57. The quantitative estimate of drug-likeness (QED) is 0.840. The van der Waals surface area contributed by atoms with Crippen LogP contribution in [0.4, 0.5) is 0 Å². The van der Waals surface area contributed by atoms with Crippen LogP contribution >= 0.6 is 11.6 Å². The Bertz CT molecular complexity index is 476. The second-order valence-corrected chi connectivity index (χ2v) is 6.87. The van der Waals surface area contributed by atoms with Crippen LogP contribution in [0.1, 0.15) is 44.3 Å². The summed E-state index contributed by atoms with van der Waals surface area (Å²) in [4.78, 5) is 0. The molecule has 3 rings (SSSR count). The van der Waals surface area contributed by atoms with Gasteiger partial charge >= 0.3 is 0 Å². The van der Waals surface area contributed by atoms with E-state index >= 15 is 0 Å². The molecule has 5 heteroatoms. The first-order valence-electron chi connectivity index (χ1n) is 8.18. The fraction of sp³-hybridized carbons (Fsp3) is 0.812. The molecule has 21 heavy (non-hydrogen) atoms. The predicted octanol–water partition coefficient (Wildman–Crippen LogP) is 3.27. The van der Waals surface area contributed by atoms with Gasteiger partial charge in [0.1, 0.15) is 0 Å². The normalized spacial score (nSPS) is 29.2. The maximum atomic E-state index is 6.47. The number of fused-ring (bicyclic) bond motifs is 2. The van der Waals surface area contributed by atoms with E-state index in [-0.39, 0.29) is 0 Å². The fourth-order valence-corrected chi connectivity index (χ4v) is 4.67. The summed E-state index contributed by atoms with van der Waals surface area (Å²) < 4.78 is 7.23. The molecule has 0 amide bonds. The lowest BCUT2D eigenvalue weighted by Gasteiger charge is -2.32. The molecule has 2 aliphatic carbocycles. The molecule has 0 saturated heterocycles. The van der Waals surface area contributed by atoms with Gasteiger partial charge in [-0.25, -0.2) is 0 Å². The van der Waals surface area contributed by atoms with E-state index < -0.39 is 0 Å². The molecule has 4 unspecified atom stereocenters. The van der Waals surface area contributed by atoms with Gasteiger partial charge in [0.05, 0.1) is 36.1 Å². The molecule has 0 radical (unpaired) electrons. The van der Waals surface area contributed by atoms with Crippen molar-refractivity contribution in [1.29, 1.82) is 0 Å². The summed E-state index contributed by atoms with van der Waals surface area (Å²) >= 11 is 6.47. The smallest absolute Gasteiger partial charge is 0.0834 e. The molecule has 2 bridgehead atoms. The summed E-state index contributed by atoms with van der Waals surface area (Å²) in [6.45, 7) is 4.57. The van der Waals surface area contributed by atoms with Crippen LogP contribution in [-0.4, -0.2) is 30.0 Å². The molecule has 118 valence electrons. The highest BCUT2D eigenvalue weighted by Crippen LogP contribution is 2.53. The lowest BCUT2D eigenvalue weighted by molar-refractivity contribution is 0.178. The van der Waals surface area contributed by atoms with Crippen molar-refractivity contribution in [3.8, 4) is 0 Å². The van der Waals surface area contributed by atoms with Gasteiger partial charge < -0.3 is 10.1 Å². The molecule has 4 atom stereocenters. The molecule has 0 aromatic carbocycles. The molecule has 1 heterocycles. The zero-order chi connectivity index (χ0) is 14.8. The standard InChI is InChI=1S/C16H26ClN3O/c1-3-18-15(13-9-11-4-5-12(13)8-11)16-14(17)10-19-20(16)6-7-21-2/h10-13,15,18H,3-9H2,1-2H3. The first-order valence-corrected chi connectivity index (χ1v) is 8.55. The van der Waals surface area contributed by atoms with Gasteiger partial charge in [-0.3, -0.25) is 4.68 Å². The minimum absolute atomic E-state index is 0.331. The van der Waals surface area contributed by atoms with Gasteiger partial charge in [0.25, 0.3) is 0 Å². The van der Waals surface area contributed by atoms with E-state index in [0.29, 0.717) is 18.6 Å². The molecule has 1 aromatic rings. The number of methoxy groups -OCH3 is 1. The van der Waals surface area contributed by atoms with Crippen molar-refractivity contribution in [1.82, 2.24) is 15.1 Å². The largest absolute Gasteiger partial charge is 0.383 e. The number of halogens is 1.